The zero-order chi connectivity index (χ0) is 19.4. The number of nitrogens with zero attached hydrogens (tertiary/aromatic N) is 2. The molecule has 0 aliphatic rings. The molecule has 1 N–H and O–H groups in total. The molecule has 0 spiro atoms. The number of para-hydroxylation sites is 1. The summed E-state index contributed by atoms with van der Waals surface area (Å²) >= 11 is 6.07. The van der Waals surface area contributed by atoms with Crippen molar-refractivity contribution in [3.63, 3.8) is 0 Å². The van der Waals surface area contributed by atoms with Crippen molar-refractivity contribution in [3.05, 3.63) is 76.1 Å². The Hall–Kier alpha value is -2.79. The molecule has 0 aliphatic heterocycles. The van der Waals surface area contributed by atoms with Gasteiger partial charge in [0.25, 0.3) is 5.91 Å². The van der Waals surface area contributed by atoms with Crippen LogP contribution in [0.15, 0.2) is 48.5 Å². The first kappa shape index (κ1) is 19.0. The van der Waals surface area contributed by atoms with E-state index >= 15 is 0 Å². The van der Waals surface area contributed by atoms with Crippen LogP contribution in [0, 0.1) is 13.8 Å². The third-order valence-electron chi connectivity index (χ3n) is 4.27. The van der Waals surface area contributed by atoms with Crippen molar-refractivity contribution in [1.29, 1.82) is 0 Å². The molecule has 1 amide bonds. The van der Waals surface area contributed by atoms with Crippen LogP contribution in [0.2, 0.25) is 5.02 Å². The maximum Gasteiger partial charge on any atom is 0.259 e. The van der Waals surface area contributed by atoms with E-state index in [4.69, 9.17) is 16.3 Å². The molecule has 3 aromatic rings. The van der Waals surface area contributed by atoms with Gasteiger partial charge in [-0.25, -0.2) is 0 Å². The van der Waals surface area contributed by atoms with E-state index in [-0.39, 0.29) is 5.91 Å². The monoisotopic (exact) mass is 383 g/mol. The lowest BCUT2D eigenvalue weighted by atomic mass is 10.1. The van der Waals surface area contributed by atoms with Crippen molar-refractivity contribution >= 4 is 23.2 Å². The van der Waals surface area contributed by atoms with Gasteiger partial charge in [0.05, 0.1) is 35.8 Å². The molecule has 1 heterocycles. The van der Waals surface area contributed by atoms with E-state index < -0.39 is 0 Å². The third-order valence-corrected chi connectivity index (χ3v) is 4.51. The fourth-order valence-corrected chi connectivity index (χ4v) is 3.17. The summed E-state index contributed by atoms with van der Waals surface area (Å²) in [7, 11) is 0. The molecule has 0 saturated heterocycles. The fourth-order valence-electron chi connectivity index (χ4n) is 2.96. The quantitative estimate of drug-likeness (QED) is 0.661. The van der Waals surface area contributed by atoms with Crippen molar-refractivity contribution < 1.29 is 9.53 Å². The number of rotatable bonds is 6. The lowest BCUT2D eigenvalue weighted by Gasteiger charge is -2.11. The number of anilines is 1. The highest BCUT2D eigenvalue weighted by atomic mass is 35.5. The molecule has 0 radical (unpaired) electrons. The van der Waals surface area contributed by atoms with Crippen LogP contribution in [0.3, 0.4) is 0 Å². The number of aromatic nitrogens is 2. The molecule has 0 unspecified atom stereocenters. The predicted octanol–water partition coefficient (Wildman–Crippen LogP) is 4.85. The fraction of sp³-hybridized carbons (Fsp3) is 0.238. The van der Waals surface area contributed by atoms with Gasteiger partial charge < -0.3 is 10.1 Å². The van der Waals surface area contributed by atoms with Crippen molar-refractivity contribution in [2.24, 2.45) is 0 Å². The van der Waals surface area contributed by atoms with E-state index in [1.807, 2.05) is 61.9 Å². The number of aryl methyl sites for hydroxylation is 1. The first-order chi connectivity index (χ1) is 13.0. The minimum atomic E-state index is -0.215. The standard InChI is InChI=1S/C21H22ClN3O2/c1-4-27-19-11-6-5-10-18(19)21(26)23-20-14(2)24-25(15(20)3)13-16-8-7-9-17(22)12-16/h5-12H,4,13H2,1-3H3,(H,23,26). The summed E-state index contributed by atoms with van der Waals surface area (Å²) in [6, 6.07) is 14.9. The summed E-state index contributed by atoms with van der Waals surface area (Å²) in [5, 5.41) is 8.24. The van der Waals surface area contributed by atoms with Gasteiger partial charge in [0.1, 0.15) is 5.75 Å². The van der Waals surface area contributed by atoms with Crippen LogP contribution in [0.1, 0.15) is 34.2 Å². The largest absolute Gasteiger partial charge is 0.493 e. The van der Waals surface area contributed by atoms with Crippen LogP contribution in [0.25, 0.3) is 0 Å². The molecule has 2 aromatic carbocycles. The van der Waals surface area contributed by atoms with E-state index in [1.54, 1.807) is 12.1 Å². The lowest BCUT2D eigenvalue weighted by Crippen LogP contribution is -2.15. The molecule has 0 atom stereocenters. The van der Waals surface area contributed by atoms with Crippen molar-refractivity contribution in [1.82, 2.24) is 9.78 Å². The maximum atomic E-state index is 12.8. The average Bonchev–Trinajstić information content (AvgIpc) is 2.90. The number of ether oxygens (including phenoxy) is 1. The normalized spacial score (nSPS) is 10.7. The first-order valence-electron chi connectivity index (χ1n) is 8.81. The van der Waals surface area contributed by atoms with Gasteiger partial charge in [-0.2, -0.15) is 5.10 Å². The number of halogens is 1. The van der Waals surface area contributed by atoms with Crippen LogP contribution < -0.4 is 10.1 Å². The van der Waals surface area contributed by atoms with Gasteiger partial charge in [-0.1, -0.05) is 35.9 Å². The van der Waals surface area contributed by atoms with Crippen LogP contribution in [-0.4, -0.2) is 22.3 Å². The van der Waals surface area contributed by atoms with E-state index in [0.717, 1.165) is 17.0 Å². The highest BCUT2D eigenvalue weighted by Gasteiger charge is 2.18. The molecule has 3 rings (SSSR count). The number of hydrogen-bond donors (Lipinski definition) is 1. The third kappa shape index (κ3) is 4.31. The average molecular weight is 384 g/mol. The van der Waals surface area contributed by atoms with Gasteiger partial charge in [0.15, 0.2) is 0 Å². The Morgan fingerprint density at radius 2 is 1.96 bits per heavy atom. The molecule has 0 aliphatic carbocycles. The molecule has 5 nitrogen and oxygen atoms in total. The van der Waals surface area contributed by atoms with Crippen LogP contribution in [-0.2, 0) is 6.54 Å². The molecule has 140 valence electrons. The molecule has 1 aromatic heterocycles. The minimum Gasteiger partial charge on any atom is -0.493 e. The Kier molecular flexibility index (Phi) is 5.81. The Labute approximate surface area is 163 Å². The SMILES string of the molecule is CCOc1ccccc1C(=O)Nc1c(C)nn(Cc2cccc(Cl)c2)c1C. The van der Waals surface area contributed by atoms with Gasteiger partial charge in [-0.05, 0) is 50.6 Å². The maximum absolute atomic E-state index is 12.8. The Morgan fingerprint density at radius 3 is 2.70 bits per heavy atom. The summed E-state index contributed by atoms with van der Waals surface area (Å²) in [5.74, 6) is 0.353. The molecule has 6 heteroatoms. The Bertz CT molecular complexity index is 966. The van der Waals surface area contributed by atoms with Crippen molar-refractivity contribution in [3.8, 4) is 5.75 Å². The van der Waals surface area contributed by atoms with Gasteiger partial charge in [-0.15, -0.1) is 0 Å². The number of carbonyl (C=O) groups is 1. The highest BCUT2D eigenvalue weighted by molar-refractivity contribution is 6.30. The smallest absolute Gasteiger partial charge is 0.259 e. The van der Waals surface area contributed by atoms with Crippen LogP contribution in [0.5, 0.6) is 5.75 Å². The zero-order valence-electron chi connectivity index (χ0n) is 15.6. The second kappa shape index (κ2) is 8.27. The second-order valence-corrected chi connectivity index (χ2v) is 6.65. The number of benzene rings is 2. The molecular weight excluding hydrogens is 362 g/mol. The molecular formula is C21H22ClN3O2. The van der Waals surface area contributed by atoms with Crippen LogP contribution >= 0.6 is 11.6 Å². The number of nitrogens with one attached hydrogen (secondary N) is 1. The predicted molar refractivity (Wildman–Crippen MR) is 108 cm³/mol. The molecule has 0 bridgehead atoms. The van der Waals surface area contributed by atoms with Gasteiger partial charge in [0.2, 0.25) is 0 Å². The van der Waals surface area contributed by atoms with Crippen molar-refractivity contribution in [2.75, 3.05) is 11.9 Å². The summed E-state index contributed by atoms with van der Waals surface area (Å²) in [5.41, 5.74) is 3.91. The topological polar surface area (TPSA) is 56.1 Å². The van der Waals surface area contributed by atoms with E-state index in [9.17, 15) is 4.79 Å². The zero-order valence-corrected chi connectivity index (χ0v) is 16.4. The van der Waals surface area contributed by atoms with E-state index in [0.29, 0.717) is 35.2 Å². The summed E-state index contributed by atoms with van der Waals surface area (Å²) < 4.78 is 7.42. The summed E-state index contributed by atoms with van der Waals surface area (Å²) in [6.45, 7) is 6.79. The highest BCUT2D eigenvalue weighted by Crippen LogP contribution is 2.24. The minimum absolute atomic E-state index is 0.215. The lowest BCUT2D eigenvalue weighted by molar-refractivity contribution is 0.102. The molecule has 0 fully saturated rings. The van der Waals surface area contributed by atoms with Crippen molar-refractivity contribution in [2.45, 2.75) is 27.3 Å². The first-order valence-corrected chi connectivity index (χ1v) is 9.19. The molecule has 27 heavy (non-hydrogen) atoms. The van der Waals surface area contributed by atoms with E-state index in [1.165, 1.54) is 0 Å². The van der Waals surface area contributed by atoms with Gasteiger partial charge >= 0.3 is 0 Å². The number of amides is 1. The van der Waals surface area contributed by atoms with E-state index in [2.05, 4.69) is 10.4 Å². The molecule has 0 saturated carbocycles. The Morgan fingerprint density at radius 1 is 1.19 bits per heavy atom. The number of hydrogen-bond acceptors (Lipinski definition) is 3. The number of carbonyl (C=O) groups excluding carboxylic acids is 1. The Balaban J connectivity index is 1.84. The van der Waals surface area contributed by atoms with Gasteiger partial charge in [-0.3, -0.25) is 9.48 Å². The van der Waals surface area contributed by atoms with Crippen LogP contribution in [0.4, 0.5) is 5.69 Å². The summed E-state index contributed by atoms with van der Waals surface area (Å²) in [6.07, 6.45) is 0. The van der Waals surface area contributed by atoms with Gasteiger partial charge in [0, 0.05) is 5.02 Å². The summed E-state index contributed by atoms with van der Waals surface area (Å²) in [4.78, 5) is 12.8. The second-order valence-electron chi connectivity index (χ2n) is 6.22.